The lowest BCUT2D eigenvalue weighted by molar-refractivity contribution is 0.0696. The predicted octanol–water partition coefficient (Wildman–Crippen LogP) is 4.10. The van der Waals surface area contributed by atoms with Crippen LogP contribution in [-0.4, -0.2) is 30.3 Å². The van der Waals surface area contributed by atoms with Crippen LogP contribution < -0.4 is 5.43 Å². The lowest BCUT2D eigenvalue weighted by atomic mass is 10.0. The Balaban J connectivity index is 2.54. The molecular weight excluding hydrogens is 425 g/mol. The second kappa shape index (κ2) is 7.24. The van der Waals surface area contributed by atoms with Gasteiger partial charge in [0.2, 0.25) is 5.43 Å². The predicted molar refractivity (Wildman–Crippen MR) is 109 cm³/mol. The molecule has 0 atom stereocenters. The number of halogens is 2. The van der Waals surface area contributed by atoms with E-state index >= 15 is 0 Å². The molecule has 0 aliphatic carbocycles. The Hall–Kier alpha value is -2.35. The Morgan fingerprint density at radius 3 is 2.32 bits per heavy atom. The molecule has 28 heavy (non-hydrogen) atoms. The summed E-state index contributed by atoms with van der Waals surface area (Å²) in [6.07, 6.45) is 1.02. The molecule has 0 spiro atoms. The largest absolute Gasteiger partial charge is 0.477 e. The van der Waals surface area contributed by atoms with Crippen LogP contribution in [0.2, 0.25) is 10.0 Å². The zero-order valence-corrected chi connectivity index (χ0v) is 17.2. The van der Waals surface area contributed by atoms with Crippen LogP contribution in [0.15, 0.2) is 46.1 Å². The van der Waals surface area contributed by atoms with Gasteiger partial charge in [-0.25, -0.2) is 13.2 Å². The number of pyridine rings is 1. The topological polar surface area (TPSA) is 93.4 Å². The first-order chi connectivity index (χ1) is 13.1. The van der Waals surface area contributed by atoms with Crippen LogP contribution in [-0.2, 0) is 16.4 Å². The molecule has 0 aliphatic heterocycles. The van der Waals surface area contributed by atoms with Gasteiger partial charge in [0, 0.05) is 23.8 Å². The van der Waals surface area contributed by atoms with Gasteiger partial charge in [-0.1, -0.05) is 29.3 Å². The monoisotopic (exact) mass is 439 g/mol. The summed E-state index contributed by atoms with van der Waals surface area (Å²) in [7, 11) is -3.56. The second-order valence-electron chi connectivity index (χ2n) is 6.18. The molecule has 9 heteroatoms. The van der Waals surface area contributed by atoms with Crippen molar-refractivity contribution in [2.75, 3.05) is 6.26 Å². The van der Waals surface area contributed by atoms with Gasteiger partial charge >= 0.3 is 5.97 Å². The molecule has 0 saturated heterocycles. The average molecular weight is 440 g/mol. The molecule has 1 N–H and O–H groups in total. The molecule has 0 bridgehead atoms. The maximum atomic E-state index is 13.0. The Bertz CT molecular complexity index is 1300. The highest BCUT2D eigenvalue weighted by molar-refractivity contribution is 7.90. The van der Waals surface area contributed by atoms with Gasteiger partial charge in [0.05, 0.1) is 26.2 Å². The maximum Gasteiger partial charge on any atom is 0.341 e. The van der Waals surface area contributed by atoms with Gasteiger partial charge in [-0.2, -0.15) is 0 Å². The van der Waals surface area contributed by atoms with E-state index in [4.69, 9.17) is 23.2 Å². The molecule has 6 nitrogen and oxygen atoms in total. The number of fused-ring (bicyclic) bond motifs is 1. The molecule has 0 saturated carbocycles. The Labute approximate surface area is 170 Å². The van der Waals surface area contributed by atoms with Gasteiger partial charge in [0.1, 0.15) is 5.56 Å². The average Bonchev–Trinajstić information content (AvgIpc) is 2.62. The minimum Gasteiger partial charge on any atom is -0.477 e. The fraction of sp³-hybridized carbons (Fsp3) is 0.158. The van der Waals surface area contributed by atoms with Crippen LogP contribution in [0.5, 0.6) is 0 Å². The summed E-state index contributed by atoms with van der Waals surface area (Å²) in [5.41, 5.74) is -0.207. The highest BCUT2D eigenvalue weighted by Gasteiger charge is 2.24. The summed E-state index contributed by atoms with van der Waals surface area (Å²) >= 11 is 12.0. The van der Waals surface area contributed by atoms with Crippen LogP contribution in [0.3, 0.4) is 0 Å². The SMILES string of the molecule is CCn1c(-c2ccc(Cl)c(Cl)c2)c(C(=O)O)c(=O)c2cc(S(C)(=O)=O)ccc21. The number of aromatic nitrogens is 1. The quantitative estimate of drug-likeness (QED) is 0.660. The Morgan fingerprint density at radius 2 is 1.79 bits per heavy atom. The lowest BCUT2D eigenvalue weighted by Crippen LogP contribution is -2.22. The second-order valence-corrected chi connectivity index (χ2v) is 9.01. The van der Waals surface area contributed by atoms with Crippen molar-refractivity contribution in [1.82, 2.24) is 4.57 Å². The van der Waals surface area contributed by atoms with Gasteiger partial charge in [-0.3, -0.25) is 4.79 Å². The van der Waals surface area contributed by atoms with E-state index in [1.54, 1.807) is 17.6 Å². The molecule has 0 amide bonds. The molecule has 3 rings (SSSR count). The van der Waals surface area contributed by atoms with Crippen molar-refractivity contribution in [3.05, 3.63) is 62.2 Å². The molecule has 1 heterocycles. The first-order valence-corrected chi connectivity index (χ1v) is 10.8. The van der Waals surface area contributed by atoms with E-state index in [0.717, 1.165) is 6.26 Å². The third-order valence-corrected chi connectivity index (χ3v) is 6.24. The number of hydrogen-bond acceptors (Lipinski definition) is 4. The van der Waals surface area contributed by atoms with Gasteiger partial charge in [0.25, 0.3) is 0 Å². The minimum atomic E-state index is -3.56. The number of carbonyl (C=O) groups is 1. The van der Waals surface area contributed by atoms with Crippen molar-refractivity contribution in [3.8, 4) is 11.3 Å². The summed E-state index contributed by atoms with van der Waals surface area (Å²) in [5.74, 6) is -1.42. The maximum absolute atomic E-state index is 13.0. The van der Waals surface area contributed by atoms with Crippen LogP contribution >= 0.6 is 23.2 Å². The van der Waals surface area contributed by atoms with Gasteiger partial charge < -0.3 is 9.67 Å². The van der Waals surface area contributed by atoms with Crippen molar-refractivity contribution in [2.45, 2.75) is 18.4 Å². The Morgan fingerprint density at radius 1 is 1.11 bits per heavy atom. The van der Waals surface area contributed by atoms with Gasteiger partial charge in [0.15, 0.2) is 9.84 Å². The number of sulfone groups is 1. The summed E-state index contributed by atoms with van der Waals surface area (Å²) in [5, 5.41) is 10.3. The molecular formula is C19H15Cl2NO5S. The number of nitrogens with zero attached hydrogens (tertiary/aromatic N) is 1. The molecule has 3 aromatic rings. The number of benzene rings is 2. The zero-order valence-electron chi connectivity index (χ0n) is 14.9. The molecule has 0 fully saturated rings. The first kappa shape index (κ1) is 20.4. The number of carboxylic acids is 1. The van der Waals surface area contributed by atoms with Crippen molar-refractivity contribution in [2.24, 2.45) is 0 Å². The normalized spacial score (nSPS) is 11.7. The van der Waals surface area contributed by atoms with Crippen LogP contribution in [0.4, 0.5) is 0 Å². The van der Waals surface area contributed by atoms with E-state index in [1.165, 1.54) is 30.3 Å². The van der Waals surface area contributed by atoms with Crippen LogP contribution in [0, 0.1) is 0 Å². The third kappa shape index (κ3) is 3.41. The number of aromatic carboxylic acids is 1. The highest BCUT2D eigenvalue weighted by atomic mass is 35.5. The van der Waals surface area contributed by atoms with Crippen LogP contribution in [0.1, 0.15) is 17.3 Å². The highest BCUT2D eigenvalue weighted by Crippen LogP contribution is 2.32. The van der Waals surface area contributed by atoms with E-state index < -0.39 is 26.8 Å². The number of carboxylic acid groups (broad SMARTS) is 1. The summed E-state index contributed by atoms with van der Waals surface area (Å²) in [6.45, 7) is 2.13. The first-order valence-electron chi connectivity index (χ1n) is 8.15. The van der Waals surface area contributed by atoms with E-state index in [1.807, 2.05) is 0 Å². The van der Waals surface area contributed by atoms with Crippen molar-refractivity contribution in [3.63, 3.8) is 0 Å². The molecule has 1 aromatic heterocycles. The molecule has 0 aliphatic rings. The molecule has 2 aromatic carbocycles. The van der Waals surface area contributed by atoms with E-state index in [9.17, 15) is 23.1 Å². The number of rotatable bonds is 4. The minimum absolute atomic E-state index is 0.0194. The van der Waals surface area contributed by atoms with Crippen molar-refractivity contribution < 1.29 is 18.3 Å². The van der Waals surface area contributed by atoms with E-state index in [-0.39, 0.29) is 21.0 Å². The summed E-state index contributed by atoms with van der Waals surface area (Å²) in [6, 6.07) is 8.70. The van der Waals surface area contributed by atoms with Crippen LogP contribution in [0.25, 0.3) is 22.2 Å². The lowest BCUT2D eigenvalue weighted by Gasteiger charge is -2.19. The number of aryl methyl sites for hydroxylation is 1. The zero-order chi connectivity index (χ0) is 20.8. The van der Waals surface area contributed by atoms with Crippen molar-refractivity contribution >= 4 is 49.9 Å². The van der Waals surface area contributed by atoms with Gasteiger partial charge in [-0.15, -0.1) is 0 Å². The van der Waals surface area contributed by atoms with E-state index in [2.05, 4.69) is 0 Å². The Kier molecular flexibility index (Phi) is 5.27. The summed E-state index contributed by atoms with van der Waals surface area (Å²) < 4.78 is 25.4. The van der Waals surface area contributed by atoms with E-state index in [0.29, 0.717) is 22.6 Å². The fourth-order valence-corrected chi connectivity index (χ4v) is 4.08. The molecule has 0 radical (unpaired) electrons. The molecule has 146 valence electrons. The smallest absolute Gasteiger partial charge is 0.341 e. The standard InChI is InChI=1S/C19H15Cl2NO5S/c1-3-22-15-7-5-11(28(2,26)27)9-12(15)18(23)16(19(24)25)17(22)10-4-6-13(20)14(21)8-10/h4-9H,3H2,1-2H3,(H,24,25). The number of hydrogen-bond donors (Lipinski definition) is 1. The summed E-state index contributed by atoms with van der Waals surface area (Å²) in [4.78, 5) is 24.9. The van der Waals surface area contributed by atoms with Crippen molar-refractivity contribution in [1.29, 1.82) is 0 Å². The third-order valence-electron chi connectivity index (χ3n) is 4.39. The molecule has 0 unspecified atom stereocenters. The fourth-order valence-electron chi connectivity index (χ4n) is 3.13. The van der Waals surface area contributed by atoms with Gasteiger partial charge in [-0.05, 0) is 37.3 Å².